The van der Waals surface area contributed by atoms with Crippen LogP contribution in [0.15, 0.2) is 30.3 Å². The van der Waals surface area contributed by atoms with Crippen molar-refractivity contribution in [2.75, 3.05) is 50.1 Å². The van der Waals surface area contributed by atoms with Gasteiger partial charge in [-0.2, -0.15) is 13.2 Å². The van der Waals surface area contributed by atoms with Gasteiger partial charge in [-0.05, 0) is 56.1 Å². The number of nitrogens with zero attached hydrogens (tertiary/aromatic N) is 2. The Hall–Kier alpha value is -2.67. The molecule has 2 aromatic rings. The zero-order valence-corrected chi connectivity index (χ0v) is 21.5. The van der Waals surface area contributed by atoms with Gasteiger partial charge in [0.2, 0.25) is 5.91 Å². The average Bonchev–Trinajstić information content (AvgIpc) is 3.54. The van der Waals surface area contributed by atoms with Gasteiger partial charge in [-0.3, -0.25) is 19.3 Å². The summed E-state index contributed by atoms with van der Waals surface area (Å²) in [6.07, 6.45) is -2.68. The number of carbonyl (C=O) groups is 3. The Balaban J connectivity index is 1.52. The average molecular weight is 559 g/mol. The highest BCUT2D eigenvalue weighted by Crippen LogP contribution is 2.39. The van der Waals surface area contributed by atoms with Crippen LogP contribution in [0.3, 0.4) is 0 Å². The maximum absolute atomic E-state index is 13.9. The Kier molecular flexibility index (Phi) is 8.42. The minimum absolute atomic E-state index is 0.00317. The number of morpholine rings is 1. The smallest absolute Gasteiger partial charge is 0.370 e. The predicted molar refractivity (Wildman–Crippen MR) is 134 cm³/mol. The van der Waals surface area contributed by atoms with Crippen LogP contribution < -0.4 is 15.5 Å². The van der Waals surface area contributed by atoms with Crippen molar-refractivity contribution in [3.63, 3.8) is 0 Å². The number of rotatable bonds is 9. The molecule has 0 bridgehead atoms. The topological polar surface area (TPSA) is 91.0 Å². The SMILES string of the molecule is CN(CC1CC1)[C@H](CNC(=O)c1ccc(Cl)s1)C(=O)Nc1ccc(N2CCOCC2=O)c(C(F)(F)F)c1. The summed E-state index contributed by atoms with van der Waals surface area (Å²) in [4.78, 5) is 41.1. The molecule has 1 saturated carbocycles. The number of thiophene rings is 1. The number of benzene rings is 1. The molecule has 2 aliphatic rings. The summed E-state index contributed by atoms with van der Waals surface area (Å²) in [5.74, 6) is -1.09. The van der Waals surface area contributed by atoms with Crippen LogP contribution in [0, 0.1) is 5.92 Å². The molecule has 4 rings (SSSR count). The van der Waals surface area contributed by atoms with Crippen molar-refractivity contribution in [3.05, 3.63) is 45.1 Å². The molecule has 3 amide bonds. The monoisotopic (exact) mass is 558 g/mol. The standard InChI is InChI=1S/C24H26ClF3N4O4S/c1-31(12-14-2-3-14)18(11-29-23(35)19-6-7-20(25)37-19)22(34)30-15-4-5-17(16(10-15)24(26,27)28)32-8-9-36-13-21(32)33/h4-7,10,14,18H,2-3,8-9,11-13H2,1H3,(H,29,35)(H,30,34)/t18-/m1/s1. The summed E-state index contributed by atoms with van der Waals surface area (Å²) in [5.41, 5.74) is -1.39. The van der Waals surface area contributed by atoms with E-state index in [1.165, 1.54) is 12.1 Å². The summed E-state index contributed by atoms with van der Waals surface area (Å²) in [7, 11) is 1.74. The van der Waals surface area contributed by atoms with E-state index in [-0.39, 0.29) is 37.7 Å². The lowest BCUT2D eigenvalue weighted by Gasteiger charge is -2.30. The molecule has 1 aromatic heterocycles. The highest BCUT2D eigenvalue weighted by Gasteiger charge is 2.37. The van der Waals surface area contributed by atoms with Crippen molar-refractivity contribution in [1.29, 1.82) is 0 Å². The minimum atomic E-state index is -4.76. The summed E-state index contributed by atoms with van der Waals surface area (Å²) >= 11 is 7.00. The molecule has 2 fully saturated rings. The van der Waals surface area contributed by atoms with Crippen LogP contribution in [0.5, 0.6) is 0 Å². The van der Waals surface area contributed by atoms with Gasteiger partial charge < -0.3 is 20.3 Å². The summed E-state index contributed by atoms with van der Waals surface area (Å²) in [6, 6.07) is 5.67. The third kappa shape index (κ3) is 7.01. The molecule has 1 aliphatic carbocycles. The summed E-state index contributed by atoms with van der Waals surface area (Å²) in [6.45, 7) is 0.394. The minimum Gasteiger partial charge on any atom is -0.370 e. The normalized spacial score (nSPS) is 17.1. The Bertz CT molecular complexity index is 1170. The van der Waals surface area contributed by atoms with Gasteiger partial charge in [-0.15, -0.1) is 11.3 Å². The van der Waals surface area contributed by atoms with Crippen molar-refractivity contribution >= 4 is 52.0 Å². The number of nitrogens with one attached hydrogen (secondary N) is 2. The van der Waals surface area contributed by atoms with Crippen LogP contribution in [0.2, 0.25) is 4.34 Å². The Morgan fingerprint density at radius 2 is 2.03 bits per heavy atom. The molecule has 2 heterocycles. The number of hydrogen-bond acceptors (Lipinski definition) is 6. The molecule has 0 radical (unpaired) electrons. The number of hydrogen-bond donors (Lipinski definition) is 2. The molecular formula is C24H26ClF3N4O4S. The molecule has 1 aliphatic heterocycles. The lowest BCUT2D eigenvalue weighted by Crippen LogP contribution is -2.49. The molecular weight excluding hydrogens is 533 g/mol. The molecule has 13 heteroatoms. The number of ether oxygens (including phenoxy) is 1. The van der Waals surface area contributed by atoms with Crippen LogP contribution in [0.25, 0.3) is 0 Å². The van der Waals surface area contributed by atoms with Gasteiger partial charge in [0.05, 0.1) is 27.1 Å². The molecule has 2 N–H and O–H groups in total. The quantitative estimate of drug-likeness (QED) is 0.488. The Morgan fingerprint density at radius 1 is 1.27 bits per heavy atom. The number of amides is 3. The van der Waals surface area contributed by atoms with Gasteiger partial charge in [-0.25, -0.2) is 0 Å². The predicted octanol–water partition coefficient (Wildman–Crippen LogP) is 3.86. The first-order chi connectivity index (χ1) is 17.5. The van der Waals surface area contributed by atoms with E-state index in [2.05, 4.69) is 10.6 Å². The second-order valence-corrected chi connectivity index (χ2v) is 10.7. The van der Waals surface area contributed by atoms with Gasteiger partial charge >= 0.3 is 6.18 Å². The lowest BCUT2D eigenvalue weighted by atomic mass is 10.1. The van der Waals surface area contributed by atoms with Gasteiger partial charge in [0, 0.05) is 25.3 Å². The molecule has 1 aromatic carbocycles. The largest absolute Gasteiger partial charge is 0.418 e. The molecule has 1 saturated heterocycles. The van der Waals surface area contributed by atoms with E-state index in [4.69, 9.17) is 16.3 Å². The maximum Gasteiger partial charge on any atom is 0.418 e. The Labute approximate surface area is 220 Å². The van der Waals surface area contributed by atoms with Crippen molar-refractivity contribution in [2.45, 2.75) is 25.1 Å². The van der Waals surface area contributed by atoms with E-state index in [1.54, 1.807) is 24.1 Å². The van der Waals surface area contributed by atoms with E-state index >= 15 is 0 Å². The second kappa shape index (κ2) is 11.4. The van der Waals surface area contributed by atoms with E-state index in [0.29, 0.717) is 21.7 Å². The molecule has 8 nitrogen and oxygen atoms in total. The molecule has 0 spiro atoms. The van der Waals surface area contributed by atoms with Crippen molar-refractivity contribution in [2.24, 2.45) is 5.92 Å². The van der Waals surface area contributed by atoms with Crippen LogP contribution in [-0.2, 0) is 20.5 Å². The fourth-order valence-corrected chi connectivity index (χ4v) is 5.03. The molecule has 0 unspecified atom stereocenters. The third-order valence-electron chi connectivity index (χ3n) is 6.18. The molecule has 37 heavy (non-hydrogen) atoms. The van der Waals surface area contributed by atoms with Crippen LogP contribution in [-0.4, -0.2) is 68.6 Å². The van der Waals surface area contributed by atoms with E-state index in [9.17, 15) is 27.6 Å². The third-order valence-corrected chi connectivity index (χ3v) is 7.41. The number of anilines is 2. The fraction of sp³-hybridized carbons (Fsp3) is 0.458. The molecule has 1 atom stereocenters. The first-order valence-corrected chi connectivity index (χ1v) is 12.9. The zero-order valence-electron chi connectivity index (χ0n) is 19.9. The van der Waals surface area contributed by atoms with E-state index < -0.39 is 35.5 Å². The number of likely N-dealkylation sites (N-methyl/N-ethyl adjacent to an activating group) is 1. The van der Waals surface area contributed by atoms with Gasteiger partial charge in [-0.1, -0.05) is 11.6 Å². The number of alkyl halides is 3. The summed E-state index contributed by atoms with van der Waals surface area (Å²) in [5, 5.41) is 5.28. The van der Waals surface area contributed by atoms with Crippen LogP contribution in [0.1, 0.15) is 28.1 Å². The van der Waals surface area contributed by atoms with Crippen molar-refractivity contribution in [1.82, 2.24) is 10.2 Å². The maximum atomic E-state index is 13.9. The van der Waals surface area contributed by atoms with Crippen molar-refractivity contribution in [3.8, 4) is 0 Å². The van der Waals surface area contributed by atoms with E-state index in [1.807, 2.05) is 0 Å². The first-order valence-electron chi connectivity index (χ1n) is 11.7. The Morgan fingerprint density at radius 3 is 2.65 bits per heavy atom. The lowest BCUT2D eigenvalue weighted by molar-refractivity contribution is -0.137. The van der Waals surface area contributed by atoms with Crippen LogP contribution in [0.4, 0.5) is 24.5 Å². The van der Waals surface area contributed by atoms with Crippen molar-refractivity contribution < 1.29 is 32.3 Å². The van der Waals surface area contributed by atoms with Gasteiger partial charge in [0.15, 0.2) is 0 Å². The number of carbonyl (C=O) groups excluding carboxylic acids is 3. The zero-order chi connectivity index (χ0) is 26.7. The van der Waals surface area contributed by atoms with E-state index in [0.717, 1.165) is 35.1 Å². The highest BCUT2D eigenvalue weighted by molar-refractivity contribution is 7.18. The van der Waals surface area contributed by atoms with Crippen LogP contribution >= 0.6 is 22.9 Å². The highest BCUT2D eigenvalue weighted by atomic mass is 35.5. The molecule has 200 valence electrons. The van der Waals surface area contributed by atoms with Gasteiger partial charge in [0.1, 0.15) is 12.6 Å². The number of halogens is 4. The van der Waals surface area contributed by atoms with Gasteiger partial charge in [0.25, 0.3) is 11.8 Å². The first kappa shape index (κ1) is 27.4. The fourth-order valence-electron chi connectivity index (χ4n) is 4.07. The summed E-state index contributed by atoms with van der Waals surface area (Å²) < 4.78 is 47.2. The second-order valence-electron chi connectivity index (χ2n) is 9.03.